The number of nitrogens with zero attached hydrogens (tertiary/aromatic N) is 3. The lowest BCUT2D eigenvalue weighted by molar-refractivity contribution is 0.0674. The normalized spacial score (nSPS) is 23.2. The van der Waals surface area contributed by atoms with E-state index in [1.165, 1.54) is 32.4 Å². The lowest BCUT2D eigenvalue weighted by Crippen LogP contribution is -2.44. The molecular weight excluding hydrogens is 355 g/mol. The maximum Gasteiger partial charge on any atom is 0.191 e. The standard InChI is InChI=1S/C13H26N4O.HI/c1-16-6-3-12(4-7-16)2-5-15-13(14)17-8-10-18-11-9-17;/h12H,2-11H2,1H3,(H2,14,15);1H. The Hall–Kier alpha value is -0.0800. The Morgan fingerprint density at radius 2 is 1.84 bits per heavy atom. The summed E-state index contributed by atoms with van der Waals surface area (Å²) in [5.74, 6) is 1.54. The zero-order valence-corrected chi connectivity index (χ0v) is 14.2. The Morgan fingerprint density at radius 3 is 2.47 bits per heavy atom. The fourth-order valence-electron chi connectivity index (χ4n) is 2.60. The van der Waals surface area contributed by atoms with Gasteiger partial charge < -0.3 is 20.3 Å². The van der Waals surface area contributed by atoms with Gasteiger partial charge in [-0.05, 0) is 45.3 Å². The van der Waals surface area contributed by atoms with Gasteiger partial charge in [0.05, 0.1) is 13.2 Å². The highest BCUT2D eigenvalue weighted by Gasteiger charge is 2.16. The van der Waals surface area contributed by atoms with Gasteiger partial charge in [-0.1, -0.05) is 0 Å². The number of guanidine groups is 1. The molecule has 5 nitrogen and oxygen atoms in total. The minimum absolute atomic E-state index is 0. The van der Waals surface area contributed by atoms with Gasteiger partial charge in [0.2, 0.25) is 0 Å². The predicted molar refractivity (Wildman–Crippen MR) is 89.1 cm³/mol. The summed E-state index contributed by atoms with van der Waals surface area (Å²) in [5.41, 5.74) is 6.00. The molecule has 2 rings (SSSR count). The summed E-state index contributed by atoms with van der Waals surface area (Å²) in [5, 5.41) is 0. The molecule has 0 saturated carbocycles. The quantitative estimate of drug-likeness (QED) is 0.449. The van der Waals surface area contributed by atoms with Gasteiger partial charge in [-0.25, -0.2) is 0 Å². The molecule has 0 atom stereocenters. The predicted octanol–water partition coefficient (Wildman–Crippen LogP) is 0.983. The van der Waals surface area contributed by atoms with E-state index in [4.69, 9.17) is 10.5 Å². The van der Waals surface area contributed by atoms with E-state index in [9.17, 15) is 0 Å². The minimum atomic E-state index is 0. The van der Waals surface area contributed by atoms with Gasteiger partial charge in [0, 0.05) is 19.6 Å². The summed E-state index contributed by atoms with van der Waals surface area (Å²) in [6.07, 6.45) is 3.80. The van der Waals surface area contributed by atoms with Crippen molar-refractivity contribution in [3.05, 3.63) is 0 Å². The molecule has 112 valence electrons. The number of nitrogens with two attached hydrogens (primary N) is 1. The van der Waals surface area contributed by atoms with Crippen LogP contribution >= 0.6 is 24.0 Å². The molecule has 6 heteroatoms. The highest BCUT2D eigenvalue weighted by molar-refractivity contribution is 14.0. The number of likely N-dealkylation sites (tertiary alicyclic amines) is 1. The average Bonchev–Trinajstić information content (AvgIpc) is 2.42. The minimum Gasteiger partial charge on any atom is -0.378 e. The largest absolute Gasteiger partial charge is 0.378 e. The molecule has 0 aromatic carbocycles. The second-order valence-corrected chi connectivity index (χ2v) is 5.37. The molecule has 0 spiro atoms. The first-order chi connectivity index (χ1) is 8.75. The summed E-state index contributed by atoms with van der Waals surface area (Å²) in [7, 11) is 2.20. The van der Waals surface area contributed by atoms with Gasteiger partial charge in [0.25, 0.3) is 0 Å². The van der Waals surface area contributed by atoms with Crippen molar-refractivity contribution >= 4 is 29.9 Å². The van der Waals surface area contributed by atoms with Crippen LogP contribution in [-0.4, -0.2) is 68.7 Å². The first-order valence-corrected chi connectivity index (χ1v) is 7.07. The van der Waals surface area contributed by atoms with E-state index in [0.29, 0.717) is 5.96 Å². The van der Waals surface area contributed by atoms with Crippen LogP contribution in [0.2, 0.25) is 0 Å². The number of morpholine rings is 1. The van der Waals surface area contributed by atoms with Crippen molar-refractivity contribution in [1.29, 1.82) is 0 Å². The monoisotopic (exact) mass is 382 g/mol. The molecule has 2 aliphatic heterocycles. The Bertz CT molecular complexity index is 274. The zero-order valence-electron chi connectivity index (χ0n) is 11.9. The van der Waals surface area contributed by atoms with Crippen molar-refractivity contribution in [2.75, 3.05) is 53.0 Å². The van der Waals surface area contributed by atoms with Gasteiger partial charge >= 0.3 is 0 Å². The zero-order chi connectivity index (χ0) is 12.8. The van der Waals surface area contributed by atoms with Gasteiger partial charge in [0.1, 0.15) is 0 Å². The SMILES string of the molecule is CN1CCC(CCN=C(N)N2CCOCC2)CC1.I. The Kier molecular flexibility index (Phi) is 8.01. The van der Waals surface area contributed by atoms with Crippen molar-refractivity contribution < 1.29 is 4.74 Å². The molecule has 2 N–H and O–H groups in total. The van der Waals surface area contributed by atoms with E-state index in [-0.39, 0.29) is 24.0 Å². The maximum absolute atomic E-state index is 6.00. The van der Waals surface area contributed by atoms with Crippen LogP contribution in [0.3, 0.4) is 0 Å². The van der Waals surface area contributed by atoms with Crippen LogP contribution in [0.15, 0.2) is 4.99 Å². The number of hydrogen-bond donors (Lipinski definition) is 1. The number of aliphatic imine (C=N–C) groups is 1. The van der Waals surface area contributed by atoms with E-state index in [2.05, 4.69) is 21.8 Å². The number of piperidine rings is 1. The van der Waals surface area contributed by atoms with Gasteiger partial charge in [-0.3, -0.25) is 4.99 Å². The Balaban J connectivity index is 0.00000180. The molecule has 2 fully saturated rings. The van der Waals surface area contributed by atoms with Crippen LogP contribution in [0.25, 0.3) is 0 Å². The van der Waals surface area contributed by atoms with Crippen LogP contribution in [0.1, 0.15) is 19.3 Å². The summed E-state index contributed by atoms with van der Waals surface area (Å²) in [4.78, 5) is 9.04. The van der Waals surface area contributed by atoms with Gasteiger partial charge in [-0.15, -0.1) is 24.0 Å². The van der Waals surface area contributed by atoms with E-state index in [1.807, 2.05) is 0 Å². The first kappa shape index (κ1) is 17.0. The molecular formula is C13H27IN4O. The number of ether oxygens (including phenoxy) is 1. The molecule has 19 heavy (non-hydrogen) atoms. The molecule has 2 heterocycles. The molecule has 0 bridgehead atoms. The van der Waals surface area contributed by atoms with Gasteiger partial charge in [-0.2, -0.15) is 0 Å². The van der Waals surface area contributed by atoms with E-state index >= 15 is 0 Å². The lowest BCUT2D eigenvalue weighted by Gasteiger charge is -2.29. The topological polar surface area (TPSA) is 54.1 Å². The molecule has 2 aliphatic rings. The molecule has 0 unspecified atom stereocenters. The molecule has 0 aliphatic carbocycles. The van der Waals surface area contributed by atoms with Crippen molar-refractivity contribution in [3.63, 3.8) is 0 Å². The molecule has 0 aromatic rings. The second kappa shape index (κ2) is 8.97. The third-order valence-electron chi connectivity index (χ3n) is 3.98. The molecule has 0 aromatic heterocycles. The highest BCUT2D eigenvalue weighted by Crippen LogP contribution is 2.19. The number of hydrogen-bond acceptors (Lipinski definition) is 3. The molecule has 2 saturated heterocycles. The lowest BCUT2D eigenvalue weighted by atomic mass is 9.94. The highest BCUT2D eigenvalue weighted by atomic mass is 127. The van der Waals surface area contributed by atoms with Crippen LogP contribution in [-0.2, 0) is 4.74 Å². The van der Waals surface area contributed by atoms with E-state index in [1.54, 1.807) is 0 Å². The van der Waals surface area contributed by atoms with Gasteiger partial charge in [0.15, 0.2) is 5.96 Å². The van der Waals surface area contributed by atoms with Crippen molar-refractivity contribution in [2.24, 2.45) is 16.6 Å². The fraction of sp³-hybridized carbons (Fsp3) is 0.923. The second-order valence-electron chi connectivity index (χ2n) is 5.37. The average molecular weight is 382 g/mol. The van der Waals surface area contributed by atoms with Crippen LogP contribution in [0.5, 0.6) is 0 Å². The van der Waals surface area contributed by atoms with E-state index < -0.39 is 0 Å². The van der Waals surface area contributed by atoms with Crippen LogP contribution < -0.4 is 5.73 Å². The number of rotatable bonds is 3. The Morgan fingerprint density at radius 1 is 1.21 bits per heavy atom. The smallest absolute Gasteiger partial charge is 0.191 e. The van der Waals surface area contributed by atoms with Crippen molar-refractivity contribution in [1.82, 2.24) is 9.80 Å². The summed E-state index contributed by atoms with van der Waals surface area (Å²) < 4.78 is 5.30. The maximum atomic E-state index is 6.00. The van der Waals surface area contributed by atoms with Crippen LogP contribution in [0, 0.1) is 5.92 Å². The first-order valence-electron chi connectivity index (χ1n) is 7.07. The number of halogens is 1. The van der Waals surface area contributed by atoms with Crippen LogP contribution in [0.4, 0.5) is 0 Å². The third-order valence-corrected chi connectivity index (χ3v) is 3.98. The van der Waals surface area contributed by atoms with E-state index in [0.717, 1.165) is 38.8 Å². The summed E-state index contributed by atoms with van der Waals surface area (Å²) in [6, 6.07) is 0. The van der Waals surface area contributed by atoms with Crippen molar-refractivity contribution in [2.45, 2.75) is 19.3 Å². The molecule has 0 radical (unpaired) electrons. The molecule has 0 amide bonds. The summed E-state index contributed by atoms with van der Waals surface area (Å²) >= 11 is 0. The summed E-state index contributed by atoms with van der Waals surface area (Å²) in [6.45, 7) is 6.63. The third kappa shape index (κ3) is 5.83. The Labute approximate surface area is 133 Å². The van der Waals surface area contributed by atoms with Crippen molar-refractivity contribution in [3.8, 4) is 0 Å². The fourth-order valence-corrected chi connectivity index (χ4v) is 2.60.